The van der Waals surface area contributed by atoms with Crippen LogP contribution in [0.3, 0.4) is 0 Å². The maximum atomic E-state index is 11.5. The highest BCUT2D eigenvalue weighted by Crippen LogP contribution is 2.40. The van der Waals surface area contributed by atoms with Gasteiger partial charge in [0.2, 0.25) is 0 Å². The number of rotatable bonds is 4. The van der Waals surface area contributed by atoms with Crippen molar-refractivity contribution < 1.29 is 10.2 Å². The zero-order chi connectivity index (χ0) is 15.4. The summed E-state index contributed by atoms with van der Waals surface area (Å²) in [6, 6.07) is 19.7. The molecular formula is C20H24O2. The summed E-state index contributed by atoms with van der Waals surface area (Å²) in [5, 5.41) is 21.8. The molecule has 1 aliphatic rings. The number of benzene rings is 2. The molecule has 0 amide bonds. The fourth-order valence-electron chi connectivity index (χ4n) is 3.64. The van der Waals surface area contributed by atoms with Crippen molar-refractivity contribution in [3.05, 3.63) is 71.8 Å². The number of aliphatic hydroxyl groups excluding tert-OH is 1. The van der Waals surface area contributed by atoms with Crippen molar-refractivity contribution in [2.24, 2.45) is 5.92 Å². The van der Waals surface area contributed by atoms with Crippen LogP contribution in [-0.2, 0) is 5.60 Å². The van der Waals surface area contributed by atoms with Gasteiger partial charge in [0.05, 0.1) is 6.10 Å². The van der Waals surface area contributed by atoms with E-state index >= 15 is 0 Å². The summed E-state index contributed by atoms with van der Waals surface area (Å²) in [5.41, 5.74) is 0.767. The van der Waals surface area contributed by atoms with Gasteiger partial charge in [-0.25, -0.2) is 0 Å². The predicted octanol–water partition coefficient (Wildman–Crippen LogP) is 3.86. The zero-order valence-electron chi connectivity index (χ0n) is 12.9. The second kappa shape index (κ2) is 6.64. The second-order valence-electron chi connectivity index (χ2n) is 6.41. The van der Waals surface area contributed by atoms with Crippen molar-refractivity contribution in [2.75, 3.05) is 0 Å². The average Bonchev–Trinajstić information content (AvgIpc) is 2.58. The largest absolute Gasteiger partial charge is 0.393 e. The van der Waals surface area contributed by atoms with E-state index in [0.717, 1.165) is 36.8 Å². The van der Waals surface area contributed by atoms with E-state index in [1.54, 1.807) is 0 Å². The van der Waals surface area contributed by atoms with Crippen LogP contribution < -0.4 is 0 Å². The van der Waals surface area contributed by atoms with Crippen LogP contribution in [0.2, 0.25) is 0 Å². The molecule has 2 heteroatoms. The maximum Gasteiger partial charge on any atom is 0.115 e. The highest BCUT2D eigenvalue weighted by Gasteiger charge is 2.37. The smallest absolute Gasteiger partial charge is 0.115 e. The van der Waals surface area contributed by atoms with Crippen molar-refractivity contribution in [2.45, 2.75) is 43.8 Å². The quantitative estimate of drug-likeness (QED) is 0.899. The van der Waals surface area contributed by atoms with Gasteiger partial charge in [-0.15, -0.1) is 0 Å². The lowest BCUT2D eigenvalue weighted by molar-refractivity contribution is -0.00409. The van der Waals surface area contributed by atoms with Gasteiger partial charge in [-0.2, -0.15) is 0 Å². The first-order valence-corrected chi connectivity index (χ1v) is 8.21. The monoisotopic (exact) mass is 296 g/mol. The summed E-state index contributed by atoms with van der Waals surface area (Å²) in [5.74, 6) is 0.152. The third-order valence-electron chi connectivity index (χ3n) is 4.93. The van der Waals surface area contributed by atoms with Gasteiger partial charge in [0, 0.05) is 0 Å². The summed E-state index contributed by atoms with van der Waals surface area (Å²) in [7, 11) is 0. The molecular weight excluding hydrogens is 272 g/mol. The molecule has 3 rings (SSSR count). The summed E-state index contributed by atoms with van der Waals surface area (Å²) in [6.45, 7) is 0. The van der Waals surface area contributed by atoms with Crippen LogP contribution in [0.4, 0.5) is 0 Å². The molecule has 0 spiro atoms. The van der Waals surface area contributed by atoms with Crippen molar-refractivity contribution >= 4 is 0 Å². The van der Waals surface area contributed by atoms with Gasteiger partial charge in [0.1, 0.15) is 5.60 Å². The van der Waals surface area contributed by atoms with E-state index in [2.05, 4.69) is 0 Å². The van der Waals surface area contributed by atoms with E-state index in [1.165, 1.54) is 0 Å². The van der Waals surface area contributed by atoms with Gasteiger partial charge < -0.3 is 10.2 Å². The average molecular weight is 296 g/mol. The minimum atomic E-state index is -1.04. The summed E-state index contributed by atoms with van der Waals surface area (Å²) in [6.07, 6.45) is 4.34. The fraction of sp³-hybridized carbons (Fsp3) is 0.400. The SMILES string of the molecule is OC1CCCCC1CC(O)(c1ccccc1)c1ccccc1. The van der Waals surface area contributed by atoms with Gasteiger partial charge in [-0.3, -0.25) is 0 Å². The first-order valence-electron chi connectivity index (χ1n) is 8.21. The van der Waals surface area contributed by atoms with Gasteiger partial charge in [0.15, 0.2) is 0 Å². The first-order chi connectivity index (χ1) is 10.7. The summed E-state index contributed by atoms with van der Waals surface area (Å²) >= 11 is 0. The minimum absolute atomic E-state index is 0.152. The standard InChI is InChI=1S/C20H24O2/c21-19-14-8-7-9-16(19)15-20(22,17-10-3-1-4-11-17)18-12-5-2-6-13-18/h1-6,10-13,16,19,21-22H,7-9,14-15H2. The molecule has 2 nitrogen and oxygen atoms in total. The van der Waals surface area contributed by atoms with Crippen LogP contribution in [0.25, 0.3) is 0 Å². The molecule has 0 aliphatic heterocycles. The number of aliphatic hydroxyl groups is 2. The van der Waals surface area contributed by atoms with Crippen molar-refractivity contribution in [1.29, 1.82) is 0 Å². The normalized spacial score (nSPS) is 22.5. The summed E-state index contributed by atoms with van der Waals surface area (Å²) in [4.78, 5) is 0. The Morgan fingerprint density at radius 1 is 0.818 bits per heavy atom. The van der Waals surface area contributed by atoms with Crippen molar-refractivity contribution in [1.82, 2.24) is 0 Å². The van der Waals surface area contributed by atoms with E-state index in [-0.39, 0.29) is 12.0 Å². The summed E-state index contributed by atoms with van der Waals surface area (Å²) < 4.78 is 0. The van der Waals surface area contributed by atoms with Crippen LogP contribution in [0.5, 0.6) is 0 Å². The molecule has 116 valence electrons. The molecule has 22 heavy (non-hydrogen) atoms. The first kappa shape index (κ1) is 15.3. The highest BCUT2D eigenvalue weighted by atomic mass is 16.3. The Bertz CT molecular complexity index is 540. The van der Waals surface area contributed by atoms with Crippen LogP contribution in [0.15, 0.2) is 60.7 Å². The van der Waals surface area contributed by atoms with E-state index in [4.69, 9.17) is 0 Å². The van der Waals surface area contributed by atoms with Gasteiger partial charge >= 0.3 is 0 Å². The van der Waals surface area contributed by atoms with Gasteiger partial charge in [-0.05, 0) is 36.3 Å². The third kappa shape index (κ3) is 3.08. The predicted molar refractivity (Wildman–Crippen MR) is 88.5 cm³/mol. The Morgan fingerprint density at radius 3 is 1.82 bits per heavy atom. The van der Waals surface area contributed by atoms with Crippen LogP contribution >= 0.6 is 0 Å². The zero-order valence-corrected chi connectivity index (χ0v) is 12.9. The molecule has 0 aromatic heterocycles. The Labute approximate surface area is 132 Å². The third-order valence-corrected chi connectivity index (χ3v) is 4.93. The molecule has 2 unspecified atom stereocenters. The van der Waals surface area contributed by atoms with Crippen molar-refractivity contribution in [3.63, 3.8) is 0 Å². The molecule has 2 aromatic carbocycles. The molecule has 1 fully saturated rings. The number of hydrogen-bond donors (Lipinski definition) is 2. The lowest BCUT2D eigenvalue weighted by Crippen LogP contribution is -2.35. The van der Waals surface area contributed by atoms with Gasteiger partial charge in [0.25, 0.3) is 0 Å². The molecule has 0 bridgehead atoms. The lowest BCUT2D eigenvalue weighted by Gasteiger charge is -2.37. The molecule has 0 heterocycles. The van der Waals surface area contributed by atoms with Crippen molar-refractivity contribution in [3.8, 4) is 0 Å². The highest BCUT2D eigenvalue weighted by molar-refractivity contribution is 5.36. The molecule has 2 N–H and O–H groups in total. The number of hydrogen-bond acceptors (Lipinski definition) is 2. The maximum absolute atomic E-state index is 11.5. The fourth-order valence-corrected chi connectivity index (χ4v) is 3.64. The molecule has 2 aromatic rings. The van der Waals surface area contributed by atoms with Gasteiger partial charge in [-0.1, -0.05) is 73.5 Å². The van der Waals surface area contributed by atoms with E-state index in [0.29, 0.717) is 6.42 Å². The van der Waals surface area contributed by atoms with Crippen LogP contribution in [-0.4, -0.2) is 16.3 Å². The Morgan fingerprint density at radius 2 is 1.32 bits per heavy atom. The Balaban J connectivity index is 1.96. The molecule has 0 saturated heterocycles. The van der Waals surface area contributed by atoms with Crippen LogP contribution in [0, 0.1) is 5.92 Å². The molecule has 1 aliphatic carbocycles. The Hall–Kier alpha value is -1.64. The topological polar surface area (TPSA) is 40.5 Å². The minimum Gasteiger partial charge on any atom is -0.393 e. The van der Waals surface area contributed by atoms with E-state index < -0.39 is 5.60 Å². The molecule has 0 radical (unpaired) electrons. The Kier molecular flexibility index (Phi) is 4.60. The molecule has 2 atom stereocenters. The molecule has 1 saturated carbocycles. The van der Waals surface area contributed by atoms with E-state index in [1.807, 2.05) is 60.7 Å². The van der Waals surface area contributed by atoms with E-state index in [9.17, 15) is 10.2 Å². The van der Waals surface area contributed by atoms with Crippen LogP contribution in [0.1, 0.15) is 43.2 Å². The lowest BCUT2D eigenvalue weighted by atomic mass is 9.74. The second-order valence-corrected chi connectivity index (χ2v) is 6.41.